The van der Waals surface area contributed by atoms with Crippen LogP contribution >= 0.6 is 11.8 Å². The summed E-state index contributed by atoms with van der Waals surface area (Å²) in [5.74, 6) is 0.608. The number of nitrogens with zero attached hydrogens (tertiary/aromatic N) is 1. The van der Waals surface area contributed by atoms with Gasteiger partial charge < -0.3 is 5.32 Å². The topological polar surface area (TPSA) is 57.8 Å². The van der Waals surface area contributed by atoms with Crippen molar-refractivity contribution in [2.24, 2.45) is 0 Å². The van der Waals surface area contributed by atoms with Gasteiger partial charge in [-0.25, -0.2) is 0 Å². The van der Waals surface area contributed by atoms with Crippen molar-refractivity contribution >= 4 is 23.5 Å². The second-order valence-electron chi connectivity index (χ2n) is 4.34. The summed E-state index contributed by atoms with van der Waals surface area (Å²) < 4.78 is 0. The normalized spacial score (nSPS) is 17.5. The van der Waals surface area contributed by atoms with Crippen molar-refractivity contribution in [1.82, 2.24) is 10.2 Å². The van der Waals surface area contributed by atoms with Crippen LogP contribution in [-0.4, -0.2) is 21.4 Å². The Hall–Kier alpha value is -1.75. The summed E-state index contributed by atoms with van der Waals surface area (Å²) in [4.78, 5) is 13.3. The van der Waals surface area contributed by atoms with Crippen molar-refractivity contribution in [3.8, 4) is 0 Å². The van der Waals surface area contributed by atoms with Crippen LogP contribution < -0.4 is 5.32 Å². The molecule has 0 saturated heterocycles. The van der Waals surface area contributed by atoms with Gasteiger partial charge >= 0.3 is 0 Å². The van der Waals surface area contributed by atoms with Gasteiger partial charge in [0.05, 0.1) is 5.25 Å². The zero-order chi connectivity index (χ0) is 12.5. The van der Waals surface area contributed by atoms with Crippen LogP contribution in [0.4, 0.5) is 5.82 Å². The highest BCUT2D eigenvalue weighted by atomic mass is 32.2. The van der Waals surface area contributed by atoms with E-state index in [-0.39, 0.29) is 11.2 Å². The van der Waals surface area contributed by atoms with Gasteiger partial charge in [-0.2, -0.15) is 5.10 Å². The van der Waals surface area contributed by atoms with Crippen LogP contribution in [-0.2, 0) is 11.2 Å². The molecule has 2 heterocycles. The Labute approximate surface area is 109 Å². The molecule has 0 saturated carbocycles. The van der Waals surface area contributed by atoms with E-state index in [1.54, 1.807) is 11.8 Å². The largest absolute Gasteiger partial charge is 0.308 e. The molecule has 4 nitrogen and oxygen atoms in total. The third-order valence-electron chi connectivity index (χ3n) is 2.90. The molecule has 2 N–H and O–H groups in total. The maximum Gasteiger partial charge on any atom is 0.239 e. The lowest BCUT2D eigenvalue weighted by molar-refractivity contribution is -0.115. The van der Waals surface area contributed by atoms with Crippen LogP contribution in [0.25, 0.3) is 0 Å². The standard InChI is InChI=1S/C13H13N3OS/c1-8-6-12(16-15-8)14-13(17)11-7-9-4-2-3-5-10(9)18-11/h2-6,11H,7H2,1H3,(H2,14,15,16,17). The van der Waals surface area contributed by atoms with E-state index in [9.17, 15) is 4.79 Å². The number of hydrogen-bond donors (Lipinski definition) is 2. The van der Waals surface area contributed by atoms with Crippen molar-refractivity contribution in [1.29, 1.82) is 0 Å². The number of rotatable bonds is 2. The van der Waals surface area contributed by atoms with Crippen molar-refractivity contribution in [2.75, 3.05) is 5.32 Å². The maximum atomic E-state index is 12.1. The highest BCUT2D eigenvalue weighted by molar-refractivity contribution is 8.01. The average Bonchev–Trinajstić information content (AvgIpc) is 2.95. The fourth-order valence-electron chi connectivity index (χ4n) is 2.02. The molecule has 1 aliphatic rings. The molecule has 18 heavy (non-hydrogen) atoms. The molecule has 3 rings (SSSR count). The third kappa shape index (κ3) is 2.13. The van der Waals surface area contributed by atoms with Crippen LogP contribution in [0, 0.1) is 6.92 Å². The van der Waals surface area contributed by atoms with Gasteiger partial charge in [0, 0.05) is 16.7 Å². The highest BCUT2D eigenvalue weighted by Gasteiger charge is 2.28. The fourth-order valence-corrected chi connectivity index (χ4v) is 3.21. The van der Waals surface area contributed by atoms with E-state index in [1.165, 1.54) is 10.5 Å². The predicted octanol–water partition coefficient (Wildman–Crippen LogP) is 2.37. The Morgan fingerprint density at radius 2 is 2.33 bits per heavy atom. The summed E-state index contributed by atoms with van der Waals surface area (Å²) in [6.07, 6.45) is 0.788. The van der Waals surface area contributed by atoms with Crippen LogP contribution in [0.5, 0.6) is 0 Å². The Morgan fingerprint density at radius 1 is 1.50 bits per heavy atom. The highest BCUT2D eigenvalue weighted by Crippen LogP contribution is 2.37. The molecule has 0 aliphatic carbocycles. The smallest absolute Gasteiger partial charge is 0.239 e. The summed E-state index contributed by atoms with van der Waals surface area (Å²) in [7, 11) is 0. The second-order valence-corrected chi connectivity index (χ2v) is 5.59. The molecule has 5 heteroatoms. The Bertz CT molecular complexity index is 568. The number of carbonyl (C=O) groups is 1. The van der Waals surface area contributed by atoms with Crippen LogP contribution in [0.3, 0.4) is 0 Å². The molecular formula is C13H13N3OS. The van der Waals surface area contributed by atoms with Gasteiger partial charge in [-0.1, -0.05) is 18.2 Å². The van der Waals surface area contributed by atoms with E-state index in [4.69, 9.17) is 0 Å². The zero-order valence-electron chi connectivity index (χ0n) is 9.93. The van der Waals surface area contributed by atoms with Gasteiger partial charge in [-0.15, -0.1) is 11.8 Å². The van der Waals surface area contributed by atoms with Crippen molar-refractivity contribution in [2.45, 2.75) is 23.5 Å². The van der Waals surface area contributed by atoms with Crippen LogP contribution in [0.1, 0.15) is 11.3 Å². The van der Waals surface area contributed by atoms with E-state index >= 15 is 0 Å². The first-order chi connectivity index (χ1) is 8.72. The molecule has 0 bridgehead atoms. The summed E-state index contributed by atoms with van der Waals surface area (Å²) in [5.41, 5.74) is 2.19. The van der Waals surface area contributed by atoms with E-state index in [0.29, 0.717) is 5.82 Å². The fraction of sp³-hybridized carbons (Fsp3) is 0.231. The number of benzene rings is 1. The molecule has 1 aliphatic heterocycles. The summed E-state index contributed by atoms with van der Waals surface area (Å²) in [6.45, 7) is 1.91. The maximum absolute atomic E-state index is 12.1. The Morgan fingerprint density at radius 3 is 3.06 bits per heavy atom. The minimum atomic E-state index is -0.0561. The van der Waals surface area contributed by atoms with E-state index in [1.807, 2.05) is 25.1 Å². The molecule has 1 unspecified atom stereocenters. The van der Waals surface area contributed by atoms with Crippen LogP contribution in [0.15, 0.2) is 35.2 Å². The molecule has 1 aromatic heterocycles. The number of H-pyrrole nitrogens is 1. The predicted molar refractivity (Wildman–Crippen MR) is 71.7 cm³/mol. The van der Waals surface area contributed by atoms with Crippen LogP contribution in [0.2, 0.25) is 0 Å². The number of aromatic amines is 1. The number of fused-ring (bicyclic) bond motifs is 1. The monoisotopic (exact) mass is 259 g/mol. The molecule has 0 spiro atoms. The quantitative estimate of drug-likeness (QED) is 0.870. The second kappa shape index (κ2) is 4.49. The van der Waals surface area contributed by atoms with Gasteiger partial charge in [0.1, 0.15) is 0 Å². The third-order valence-corrected chi connectivity index (χ3v) is 4.21. The summed E-state index contributed by atoms with van der Waals surface area (Å²) in [5, 5.41) is 9.60. The van der Waals surface area contributed by atoms with E-state index < -0.39 is 0 Å². The first-order valence-corrected chi connectivity index (χ1v) is 6.68. The minimum Gasteiger partial charge on any atom is -0.308 e. The first kappa shape index (κ1) is 11.3. The first-order valence-electron chi connectivity index (χ1n) is 5.80. The molecule has 1 atom stereocenters. The summed E-state index contributed by atoms with van der Waals surface area (Å²) in [6, 6.07) is 9.98. The van der Waals surface area contributed by atoms with Gasteiger partial charge in [-0.3, -0.25) is 9.89 Å². The molecule has 1 amide bonds. The number of aromatic nitrogens is 2. The molecule has 0 radical (unpaired) electrons. The van der Waals surface area contributed by atoms with Gasteiger partial charge in [-0.05, 0) is 25.0 Å². The van der Waals surface area contributed by atoms with Crippen molar-refractivity contribution < 1.29 is 4.79 Å². The lowest BCUT2D eigenvalue weighted by atomic mass is 10.1. The number of thioether (sulfide) groups is 1. The number of carbonyl (C=O) groups excluding carboxylic acids is 1. The molecule has 1 aromatic carbocycles. The van der Waals surface area contributed by atoms with Gasteiger partial charge in [0.15, 0.2) is 5.82 Å². The number of amides is 1. The molecular weight excluding hydrogens is 246 g/mol. The van der Waals surface area contributed by atoms with Crippen molar-refractivity contribution in [3.63, 3.8) is 0 Å². The lowest BCUT2D eigenvalue weighted by Gasteiger charge is -2.07. The minimum absolute atomic E-state index is 0.0164. The number of anilines is 1. The SMILES string of the molecule is Cc1cc(NC(=O)C2Cc3ccccc3S2)n[nH]1. The summed E-state index contributed by atoms with van der Waals surface area (Å²) >= 11 is 1.62. The Balaban J connectivity index is 1.69. The van der Waals surface area contributed by atoms with Crippen molar-refractivity contribution in [3.05, 3.63) is 41.6 Å². The van der Waals surface area contributed by atoms with Gasteiger partial charge in [0.25, 0.3) is 0 Å². The van der Waals surface area contributed by atoms with Gasteiger partial charge in [0.2, 0.25) is 5.91 Å². The number of hydrogen-bond acceptors (Lipinski definition) is 3. The molecule has 2 aromatic rings. The number of aryl methyl sites for hydroxylation is 1. The zero-order valence-corrected chi connectivity index (χ0v) is 10.8. The molecule has 92 valence electrons. The van der Waals surface area contributed by atoms with E-state index in [2.05, 4.69) is 27.6 Å². The lowest BCUT2D eigenvalue weighted by Crippen LogP contribution is -2.24. The molecule has 0 fully saturated rings. The van der Waals surface area contributed by atoms with E-state index in [0.717, 1.165) is 12.1 Å². The Kier molecular flexibility index (Phi) is 2.83. The number of nitrogens with one attached hydrogen (secondary N) is 2. The average molecular weight is 259 g/mol.